The van der Waals surface area contributed by atoms with Crippen LogP contribution in [0.25, 0.3) is 0 Å². The first-order chi connectivity index (χ1) is 9.60. The molecule has 5 nitrogen and oxygen atoms in total. The van der Waals surface area contributed by atoms with E-state index in [1.54, 1.807) is 31.3 Å². The zero-order valence-corrected chi connectivity index (χ0v) is 12.2. The number of aryl methyl sites for hydroxylation is 1. The van der Waals surface area contributed by atoms with E-state index in [1.165, 1.54) is 0 Å². The van der Waals surface area contributed by atoms with Gasteiger partial charge in [-0.2, -0.15) is 0 Å². The predicted octanol–water partition coefficient (Wildman–Crippen LogP) is 2.37. The van der Waals surface area contributed by atoms with Gasteiger partial charge in [0.15, 0.2) is 5.16 Å². The zero-order valence-electron chi connectivity index (χ0n) is 11.4. The Kier molecular flexibility index (Phi) is 4.57. The first-order valence-corrected chi connectivity index (χ1v) is 7.01. The summed E-state index contributed by atoms with van der Waals surface area (Å²) in [6.45, 7) is 1.96. The van der Waals surface area contributed by atoms with Gasteiger partial charge in [0.2, 0.25) is 0 Å². The van der Waals surface area contributed by atoms with Crippen LogP contribution in [-0.2, 0) is 5.75 Å². The van der Waals surface area contributed by atoms with Gasteiger partial charge >= 0.3 is 0 Å². The third kappa shape index (κ3) is 3.48. The van der Waals surface area contributed by atoms with Gasteiger partial charge in [0.05, 0.1) is 12.7 Å². The first-order valence-electron chi connectivity index (χ1n) is 6.03. The molecule has 0 bridgehead atoms. The molecule has 2 rings (SSSR count). The molecular formula is C14H16N4OS. The second-order valence-electron chi connectivity index (χ2n) is 4.28. The highest BCUT2D eigenvalue weighted by Crippen LogP contribution is 2.24. The highest BCUT2D eigenvalue weighted by atomic mass is 32.2. The molecule has 3 N–H and O–H groups in total. The number of thioether (sulfide) groups is 1. The molecule has 0 spiro atoms. The van der Waals surface area contributed by atoms with Gasteiger partial charge in [-0.05, 0) is 30.2 Å². The largest absolute Gasteiger partial charge is 0.496 e. The monoisotopic (exact) mass is 288 g/mol. The molecule has 0 unspecified atom stereocenters. The molecule has 1 aromatic heterocycles. The molecule has 2 aromatic rings. The first kappa shape index (κ1) is 14.3. The van der Waals surface area contributed by atoms with Gasteiger partial charge in [-0.1, -0.05) is 17.8 Å². The van der Waals surface area contributed by atoms with Crippen LogP contribution in [0.1, 0.15) is 16.7 Å². The van der Waals surface area contributed by atoms with Crippen molar-refractivity contribution in [3.8, 4) is 5.75 Å². The lowest BCUT2D eigenvalue weighted by Gasteiger charge is -2.09. The molecule has 6 heteroatoms. The highest BCUT2D eigenvalue weighted by Gasteiger charge is 2.08. The van der Waals surface area contributed by atoms with Crippen LogP contribution in [0, 0.1) is 12.3 Å². The van der Waals surface area contributed by atoms with Gasteiger partial charge < -0.3 is 10.5 Å². The van der Waals surface area contributed by atoms with Gasteiger partial charge in [-0.3, -0.25) is 5.41 Å². The number of rotatable bonds is 5. The van der Waals surface area contributed by atoms with Crippen LogP contribution >= 0.6 is 11.8 Å². The van der Waals surface area contributed by atoms with Gasteiger partial charge in [-0.15, -0.1) is 0 Å². The second-order valence-corrected chi connectivity index (χ2v) is 5.22. The predicted molar refractivity (Wildman–Crippen MR) is 80.3 cm³/mol. The topological polar surface area (TPSA) is 84.9 Å². The van der Waals surface area contributed by atoms with Crippen molar-refractivity contribution >= 4 is 17.6 Å². The van der Waals surface area contributed by atoms with Gasteiger partial charge in [-0.25, -0.2) is 9.97 Å². The highest BCUT2D eigenvalue weighted by molar-refractivity contribution is 7.98. The molecule has 0 aliphatic heterocycles. The summed E-state index contributed by atoms with van der Waals surface area (Å²) in [5.41, 5.74) is 8.25. The van der Waals surface area contributed by atoms with Crippen molar-refractivity contribution in [3.63, 3.8) is 0 Å². The lowest BCUT2D eigenvalue weighted by atomic mass is 10.1. The van der Waals surface area contributed by atoms with Gasteiger partial charge in [0.25, 0.3) is 0 Å². The fraction of sp³-hybridized carbons (Fsp3) is 0.214. The number of ether oxygens (including phenoxy) is 1. The van der Waals surface area contributed by atoms with E-state index < -0.39 is 0 Å². The van der Waals surface area contributed by atoms with E-state index >= 15 is 0 Å². The second kappa shape index (κ2) is 6.38. The van der Waals surface area contributed by atoms with Crippen LogP contribution < -0.4 is 10.5 Å². The minimum Gasteiger partial charge on any atom is -0.496 e. The van der Waals surface area contributed by atoms with E-state index in [1.807, 2.05) is 25.1 Å². The lowest BCUT2D eigenvalue weighted by Crippen LogP contribution is -2.12. The third-order valence-corrected chi connectivity index (χ3v) is 3.63. The number of nitrogens with zero attached hydrogens (tertiary/aromatic N) is 2. The summed E-state index contributed by atoms with van der Waals surface area (Å²) in [7, 11) is 1.57. The summed E-state index contributed by atoms with van der Waals surface area (Å²) in [5.74, 6) is 1.32. The molecule has 20 heavy (non-hydrogen) atoms. The normalized spacial score (nSPS) is 10.3. The van der Waals surface area contributed by atoms with Crippen molar-refractivity contribution in [2.45, 2.75) is 17.8 Å². The standard InChI is InChI=1S/C14H16N4OS/c1-9-6-17-14(18-7-9)20-8-10-3-4-12(19-2)11(5-10)13(15)16/h3-7H,8H2,1-2H3,(H3,15,16). The quantitative estimate of drug-likeness (QED) is 0.382. The Hall–Kier alpha value is -2.08. The molecule has 0 fully saturated rings. The molecule has 1 aromatic carbocycles. The van der Waals surface area contributed by atoms with Crippen molar-refractivity contribution in [3.05, 3.63) is 47.3 Å². The maximum Gasteiger partial charge on any atom is 0.187 e. The lowest BCUT2D eigenvalue weighted by molar-refractivity contribution is 0.413. The molecule has 0 aliphatic carbocycles. The van der Waals surface area contributed by atoms with Gasteiger partial charge in [0.1, 0.15) is 11.6 Å². The van der Waals surface area contributed by atoms with Crippen LogP contribution in [0.3, 0.4) is 0 Å². The van der Waals surface area contributed by atoms with Crippen LogP contribution in [0.4, 0.5) is 0 Å². The maximum absolute atomic E-state index is 7.56. The Morgan fingerprint density at radius 1 is 1.35 bits per heavy atom. The minimum absolute atomic E-state index is 0.000265. The molecule has 0 saturated heterocycles. The van der Waals surface area contributed by atoms with E-state index in [4.69, 9.17) is 15.9 Å². The van der Waals surface area contributed by atoms with Crippen molar-refractivity contribution in [1.29, 1.82) is 5.41 Å². The number of hydrogen-bond donors (Lipinski definition) is 2. The van der Waals surface area contributed by atoms with Crippen LogP contribution in [-0.4, -0.2) is 22.9 Å². The fourth-order valence-corrected chi connectivity index (χ4v) is 2.39. The number of methoxy groups -OCH3 is 1. The molecular weight excluding hydrogens is 272 g/mol. The van der Waals surface area contributed by atoms with Crippen molar-refractivity contribution in [2.24, 2.45) is 5.73 Å². The maximum atomic E-state index is 7.56. The summed E-state index contributed by atoms with van der Waals surface area (Å²) in [5, 5.41) is 8.29. The van der Waals surface area contributed by atoms with Crippen LogP contribution in [0.2, 0.25) is 0 Å². The summed E-state index contributed by atoms with van der Waals surface area (Å²) >= 11 is 1.54. The number of aromatic nitrogens is 2. The van der Waals surface area contributed by atoms with Crippen LogP contribution in [0.5, 0.6) is 5.75 Å². The molecule has 0 saturated carbocycles. The number of amidine groups is 1. The summed E-state index contributed by atoms with van der Waals surface area (Å²) in [6.07, 6.45) is 3.59. The number of hydrogen-bond acceptors (Lipinski definition) is 5. The number of benzene rings is 1. The Balaban J connectivity index is 2.11. The molecule has 0 amide bonds. The molecule has 1 heterocycles. The average Bonchev–Trinajstić information content (AvgIpc) is 2.46. The van der Waals surface area contributed by atoms with E-state index in [-0.39, 0.29) is 5.84 Å². The molecule has 0 atom stereocenters. The van der Waals surface area contributed by atoms with E-state index in [9.17, 15) is 0 Å². The summed E-state index contributed by atoms with van der Waals surface area (Å²) in [4.78, 5) is 8.49. The Labute approximate surface area is 122 Å². The van der Waals surface area contributed by atoms with Crippen molar-refractivity contribution in [2.75, 3.05) is 7.11 Å². The number of nitrogens with two attached hydrogens (primary N) is 1. The number of nitrogen functional groups attached to an aromatic ring is 1. The van der Waals surface area contributed by atoms with E-state index in [0.717, 1.165) is 16.3 Å². The summed E-state index contributed by atoms with van der Waals surface area (Å²) < 4.78 is 5.19. The summed E-state index contributed by atoms with van der Waals surface area (Å²) in [6, 6.07) is 5.64. The molecule has 0 aliphatic rings. The zero-order chi connectivity index (χ0) is 14.5. The van der Waals surface area contributed by atoms with E-state index in [2.05, 4.69) is 9.97 Å². The fourth-order valence-electron chi connectivity index (χ4n) is 1.66. The Morgan fingerprint density at radius 2 is 2.05 bits per heavy atom. The average molecular weight is 288 g/mol. The third-order valence-electron chi connectivity index (χ3n) is 2.68. The minimum atomic E-state index is 0.000265. The van der Waals surface area contributed by atoms with Gasteiger partial charge in [0, 0.05) is 18.1 Å². The molecule has 104 valence electrons. The van der Waals surface area contributed by atoms with Crippen molar-refractivity contribution < 1.29 is 4.74 Å². The Bertz CT molecular complexity index is 613. The van der Waals surface area contributed by atoms with Crippen molar-refractivity contribution in [1.82, 2.24) is 9.97 Å². The smallest absolute Gasteiger partial charge is 0.187 e. The van der Waals surface area contributed by atoms with Crippen LogP contribution in [0.15, 0.2) is 35.7 Å². The van der Waals surface area contributed by atoms with E-state index in [0.29, 0.717) is 17.1 Å². The Morgan fingerprint density at radius 3 is 2.65 bits per heavy atom. The SMILES string of the molecule is COc1ccc(CSc2ncc(C)cn2)cc1C(=N)N. The number of nitrogens with one attached hydrogen (secondary N) is 1. The molecule has 0 radical (unpaired) electrons.